The number of benzene rings is 1. The van der Waals surface area contributed by atoms with Gasteiger partial charge in [-0.25, -0.2) is 4.79 Å². The smallest absolute Gasteiger partial charge is 0.337 e. The maximum Gasteiger partial charge on any atom is 0.337 e. The van der Waals surface area contributed by atoms with E-state index in [1.165, 1.54) is 12.5 Å². The molecular formula is C12H16N2O2. The van der Waals surface area contributed by atoms with E-state index in [0.29, 0.717) is 5.69 Å². The number of rotatable bonds is 3. The van der Waals surface area contributed by atoms with Crippen LogP contribution < -0.4 is 11.1 Å². The molecule has 1 fully saturated rings. The molecule has 0 saturated heterocycles. The van der Waals surface area contributed by atoms with Crippen LogP contribution in [0.3, 0.4) is 0 Å². The lowest BCUT2D eigenvalue weighted by molar-refractivity contribution is 0.0698. The van der Waals surface area contributed by atoms with Crippen LogP contribution in [0.4, 0.5) is 11.4 Å². The van der Waals surface area contributed by atoms with Crippen molar-refractivity contribution in [2.24, 2.45) is 0 Å². The first-order valence-electron chi connectivity index (χ1n) is 5.42. The molecule has 4 nitrogen and oxygen atoms in total. The third kappa shape index (κ3) is 1.83. The van der Waals surface area contributed by atoms with Gasteiger partial charge in [0, 0.05) is 5.54 Å². The summed E-state index contributed by atoms with van der Waals surface area (Å²) >= 11 is 0. The third-order valence-corrected chi connectivity index (χ3v) is 3.23. The predicted molar refractivity (Wildman–Crippen MR) is 63.7 cm³/mol. The van der Waals surface area contributed by atoms with Crippen LogP contribution in [0.1, 0.15) is 36.5 Å². The molecular weight excluding hydrogens is 204 g/mol. The molecule has 0 radical (unpaired) electrons. The van der Waals surface area contributed by atoms with Crippen LogP contribution in [0, 0.1) is 0 Å². The number of carbonyl (C=O) groups is 1. The van der Waals surface area contributed by atoms with Gasteiger partial charge in [-0.3, -0.25) is 0 Å². The molecule has 0 aliphatic heterocycles. The topological polar surface area (TPSA) is 75.3 Å². The predicted octanol–water partition coefficient (Wildman–Crippen LogP) is 2.32. The van der Waals surface area contributed by atoms with E-state index in [1.54, 1.807) is 6.07 Å². The Bertz CT molecular complexity index is 425. The minimum atomic E-state index is -0.986. The average molecular weight is 220 g/mol. The van der Waals surface area contributed by atoms with E-state index < -0.39 is 5.97 Å². The van der Waals surface area contributed by atoms with Gasteiger partial charge >= 0.3 is 5.97 Å². The molecule has 1 aromatic carbocycles. The third-order valence-electron chi connectivity index (χ3n) is 3.23. The Morgan fingerprint density at radius 2 is 2.19 bits per heavy atom. The van der Waals surface area contributed by atoms with Gasteiger partial charge in [-0.15, -0.1) is 0 Å². The van der Waals surface area contributed by atoms with Crippen LogP contribution >= 0.6 is 0 Å². The molecule has 1 aromatic rings. The fraction of sp³-hybridized carbons (Fsp3) is 0.417. The van der Waals surface area contributed by atoms with Crippen molar-refractivity contribution in [1.82, 2.24) is 0 Å². The summed E-state index contributed by atoms with van der Waals surface area (Å²) in [5.74, 6) is -0.986. The molecule has 0 bridgehead atoms. The highest BCUT2D eigenvalue weighted by Gasteiger charge is 2.32. The van der Waals surface area contributed by atoms with Crippen LogP contribution in [0.5, 0.6) is 0 Å². The van der Waals surface area contributed by atoms with Gasteiger partial charge in [0.2, 0.25) is 0 Å². The lowest BCUT2D eigenvalue weighted by Gasteiger charge is -2.40. The average Bonchev–Trinajstić information content (AvgIpc) is 2.18. The number of hydrogen-bond acceptors (Lipinski definition) is 3. The van der Waals surface area contributed by atoms with E-state index in [0.717, 1.165) is 18.5 Å². The van der Waals surface area contributed by atoms with Crippen molar-refractivity contribution < 1.29 is 9.90 Å². The number of hydrogen-bond donors (Lipinski definition) is 3. The highest BCUT2D eigenvalue weighted by Crippen LogP contribution is 2.36. The number of nitrogens with one attached hydrogen (secondary N) is 1. The lowest BCUT2D eigenvalue weighted by atomic mass is 9.78. The van der Waals surface area contributed by atoms with Gasteiger partial charge < -0.3 is 16.2 Å². The monoisotopic (exact) mass is 220 g/mol. The maximum atomic E-state index is 10.9. The Balaban J connectivity index is 2.27. The normalized spacial score (nSPS) is 17.6. The Morgan fingerprint density at radius 3 is 2.69 bits per heavy atom. The van der Waals surface area contributed by atoms with E-state index in [9.17, 15) is 4.79 Å². The Hall–Kier alpha value is -1.71. The van der Waals surface area contributed by atoms with E-state index in [2.05, 4.69) is 12.2 Å². The number of carboxylic acid groups (broad SMARTS) is 1. The Morgan fingerprint density at radius 1 is 1.50 bits per heavy atom. The Labute approximate surface area is 94.5 Å². The highest BCUT2D eigenvalue weighted by molar-refractivity contribution is 5.97. The van der Waals surface area contributed by atoms with Gasteiger partial charge in [0.25, 0.3) is 0 Å². The number of para-hydroxylation sites is 1. The molecule has 4 N–H and O–H groups in total. The first-order valence-corrected chi connectivity index (χ1v) is 5.42. The lowest BCUT2D eigenvalue weighted by Crippen LogP contribution is -2.41. The van der Waals surface area contributed by atoms with Crippen molar-refractivity contribution in [1.29, 1.82) is 0 Å². The molecule has 0 spiro atoms. The minimum Gasteiger partial charge on any atom is -0.478 e. The number of aromatic carboxylic acids is 1. The zero-order valence-electron chi connectivity index (χ0n) is 9.29. The number of nitrogens with two attached hydrogens (primary N) is 1. The van der Waals surface area contributed by atoms with E-state index in [-0.39, 0.29) is 11.1 Å². The van der Waals surface area contributed by atoms with Gasteiger partial charge in [-0.05, 0) is 38.3 Å². The van der Waals surface area contributed by atoms with Gasteiger partial charge in [0.1, 0.15) is 0 Å². The molecule has 0 unspecified atom stereocenters. The second kappa shape index (κ2) is 3.70. The highest BCUT2D eigenvalue weighted by atomic mass is 16.4. The van der Waals surface area contributed by atoms with Crippen LogP contribution in [0.25, 0.3) is 0 Å². The van der Waals surface area contributed by atoms with Crippen LogP contribution in [-0.4, -0.2) is 16.6 Å². The molecule has 2 rings (SSSR count). The SMILES string of the molecule is CC1(Nc2cccc(C(=O)O)c2N)CCC1. The quantitative estimate of drug-likeness (QED) is 0.683. The molecule has 1 aliphatic carbocycles. The van der Waals surface area contributed by atoms with Crippen LogP contribution in [0.2, 0.25) is 0 Å². The summed E-state index contributed by atoms with van der Waals surface area (Å²) in [4.78, 5) is 10.9. The summed E-state index contributed by atoms with van der Waals surface area (Å²) in [6.45, 7) is 2.13. The standard InChI is InChI=1S/C12H16N2O2/c1-12(6-3-7-12)14-9-5-2-4-8(10(9)13)11(15)16/h2,4-5,14H,3,6-7,13H2,1H3,(H,15,16). The second-order valence-electron chi connectivity index (χ2n) is 4.61. The number of anilines is 2. The summed E-state index contributed by atoms with van der Waals surface area (Å²) in [6.07, 6.45) is 3.41. The van der Waals surface area contributed by atoms with Crippen molar-refractivity contribution in [3.63, 3.8) is 0 Å². The molecule has 1 aliphatic rings. The molecule has 0 atom stereocenters. The van der Waals surface area contributed by atoms with Crippen molar-refractivity contribution in [2.45, 2.75) is 31.7 Å². The summed E-state index contributed by atoms with van der Waals surface area (Å²) < 4.78 is 0. The Kier molecular flexibility index (Phi) is 2.50. The zero-order chi connectivity index (χ0) is 11.8. The summed E-state index contributed by atoms with van der Waals surface area (Å²) in [5.41, 5.74) is 7.11. The molecule has 1 saturated carbocycles. The maximum absolute atomic E-state index is 10.9. The van der Waals surface area contributed by atoms with Crippen molar-refractivity contribution >= 4 is 17.3 Å². The number of carboxylic acids is 1. The number of nitrogen functional groups attached to an aromatic ring is 1. The van der Waals surface area contributed by atoms with Crippen LogP contribution in [0.15, 0.2) is 18.2 Å². The fourth-order valence-corrected chi connectivity index (χ4v) is 2.02. The minimum absolute atomic E-state index is 0.0746. The van der Waals surface area contributed by atoms with Gasteiger partial charge in [-0.1, -0.05) is 6.07 Å². The fourth-order valence-electron chi connectivity index (χ4n) is 2.02. The van der Waals surface area contributed by atoms with Gasteiger partial charge in [0.05, 0.1) is 16.9 Å². The first-order chi connectivity index (χ1) is 7.52. The van der Waals surface area contributed by atoms with Crippen molar-refractivity contribution in [3.8, 4) is 0 Å². The molecule has 86 valence electrons. The van der Waals surface area contributed by atoms with E-state index in [4.69, 9.17) is 10.8 Å². The first kappa shape index (κ1) is 10.8. The van der Waals surface area contributed by atoms with Gasteiger partial charge in [0.15, 0.2) is 0 Å². The largest absolute Gasteiger partial charge is 0.478 e. The van der Waals surface area contributed by atoms with Crippen molar-refractivity contribution in [2.75, 3.05) is 11.1 Å². The van der Waals surface area contributed by atoms with E-state index >= 15 is 0 Å². The molecule has 16 heavy (non-hydrogen) atoms. The summed E-state index contributed by atoms with van der Waals surface area (Å²) in [5, 5.41) is 12.3. The van der Waals surface area contributed by atoms with E-state index in [1.807, 2.05) is 6.07 Å². The summed E-state index contributed by atoms with van der Waals surface area (Å²) in [6, 6.07) is 5.06. The molecule has 0 aromatic heterocycles. The van der Waals surface area contributed by atoms with Crippen LogP contribution in [-0.2, 0) is 0 Å². The second-order valence-corrected chi connectivity index (χ2v) is 4.61. The van der Waals surface area contributed by atoms with Crippen molar-refractivity contribution in [3.05, 3.63) is 23.8 Å². The molecule has 4 heteroatoms. The molecule has 0 amide bonds. The molecule has 0 heterocycles. The zero-order valence-corrected chi connectivity index (χ0v) is 9.29. The summed E-state index contributed by atoms with van der Waals surface area (Å²) in [7, 11) is 0. The van der Waals surface area contributed by atoms with Gasteiger partial charge in [-0.2, -0.15) is 0 Å².